The zero-order chi connectivity index (χ0) is 15.6. The van der Waals surface area contributed by atoms with Gasteiger partial charge in [-0.2, -0.15) is 13.2 Å². The van der Waals surface area contributed by atoms with E-state index in [1.54, 1.807) is 0 Å². The first kappa shape index (κ1) is 16.2. The molecule has 1 saturated carbocycles. The molecule has 21 heavy (non-hydrogen) atoms. The Balaban J connectivity index is 2.12. The minimum atomic E-state index is -4.35. The van der Waals surface area contributed by atoms with Crippen LogP contribution in [0.15, 0.2) is 18.2 Å². The van der Waals surface area contributed by atoms with E-state index < -0.39 is 35.8 Å². The second kappa shape index (κ2) is 6.30. The molecule has 3 unspecified atom stereocenters. The molecule has 2 rings (SSSR count). The summed E-state index contributed by atoms with van der Waals surface area (Å²) >= 11 is 0. The normalized spacial score (nSPS) is 24.9. The molecule has 1 aromatic rings. The van der Waals surface area contributed by atoms with Gasteiger partial charge in [-0.15, -0.1) is 0 Å². The number of aliphatic hydroxyl groups excluding tert-OH is 1. The molecule has 1 aromatic carbocycles. The standard InChI is InChI=1S/C15H17F5O/c16-10-6-5-9(13(17)8-10)7-14(21)11-3-1-2-4-12(11)15(18,19)20/h5-6,8,11-12,14,21H,1-4,7H2. The highest BCUT2D eigenvalue weighted by molar-refractivity contribution is 5.19. The van der Waals surface area contributed by atoms with Crippen LogP contribution in [0, 0.1) is 23.5 Å². The summed E-state index contributed by atoms with van der Waals surface area (Å²) in [7, 11) is 0. The van der Waals surface area contributed by atoms with Crippen molar-refractivity contribution in [1.82, 2.24) is 0 Å². The van der Waals surface area contributed by atoms with Crippen molar-refractivity contribution in [3.05, 3.63) is 35.4 Å². The van der Waals surface area contributed by atoms with Gasteiger partial charge in [0.15, 0.2) is 0 Å². The van der Waals surface area contributed by atoms with E-state index in [4.69, 9.17) is 0 Å². The first-order valence-electron chi connectivity index (χ1n) is 6.97. The SMILES string of the molecule is OC(Cc1ccc(F)cc1F)C1CCCCC1C(F)(F)F. The molecule has 118 valence electrons. The Morgan fingerprint density at radius 1 is 1.14 bits per heavy atom. The maximum absolute atomic E-state index is 13.5. The second-order valence-electron chi connectivity index (χ2n) is 5.60. The van der Waals surface area contributed by atoms with E-state index in [1.807, 2.05) is 0 Å². The Labute approximate surface area is 119 Å². The fourth-order valence-electron chi connectivity index (χ4n) is 3.09. The van der Waals surface area contributed by atoms with Crippen molar-refractivity contribution in [3.8, 4) is 0 Å². The Kier molecular flexibility index (Phi) is 4.86. The summed E-state index contributed by atoms with van der Waals surface area (Å²) in [6.07, 6.45) is -4.49. The van der Waals surface area contributed by atoms with Crippen LogP contribution in [0.2, 0.25) is 0 Å². The topological polar surface area (TPSA) is 20.2 Å². The summed E-state index contributed by atoms with van der Waals surface area (Å²) in [6.45, 7) is 0. The molecule has 1 nitrogen and oxygen atoms in total. The molecule has 1 aliphatic carbocycles. The summed E-state index contributed by atoms with van der Waals surface area (Å²) < 4.78 is 65.3. The number of halogens is 5. The highest BCUT2D eigenvalue weighted by Gasteiger charge is 2.47. The Bertz CT molecular complexity index is 485. The smallest absolute Gasteiger partial charge is 0.392 e. The average Bonchev–Trinajstić information content (AvgIpc) is 2.41. The second-order valence-corrected chi connectivity index (χ2v) is 5.60. The van der Waals surface area contributed by atoms with Gasteiger partial charge in [-0.1, -0.05) is 18.9 Å². The third-order valence-corrected chi connectivity index (χ3v) is 4.18. The van der Waals surface area contributed by atoms with Crippen LogP contribution in [0.3, 0.4) is 0 Å². The lowest BCUT2D eigenvalue weighted by Gasteiger charge is -2.36. The van der Waals surface area contributed by atoms with Crippen LogP contribution < -0.4 is 0 Å². The van der Waals surface area contributed by atoms with Gasteiger partial charge in [0.05, 0.1) is 12.0 Å². The van der Waals surface area contributed by atoms with E-state index in [9.17, 15) is 27.1 Å². The lowest BCUT2D eigenvalue weighted by molar-refractivity contribution is -0.206. The molecule has 3 atom stereocenters. The molecular formula is C15H17F5O. The Hall–Kier alpha value is -1.17. The monoisotopic (exact) mass is 308 g/mol. The van der Waals surface area contributed by atoms with Crippen LogP contribution in [-0.2, 0) is 6.42 Å². The van der Waals surface area contributed by atoms with Gasteiger partial charge in [-0.25, -0.2) is 8.78 Å². The van der Waals surface area contributed by atoms with Crippen molar-refractivity contribution in [2.75, 3.05) is 0 Å². The molecule has 0 radical (unpaired) electrons. The van der Waals surface area contributed by atoms with Crippen LogP contribution in [-0.4, -0.2) is 17.4 Å². The zero-order valence-corrected chi connectivity index (χ0v) is 11.3. The van der Waals surface area contributed by atoms with Gasteiger partial charge >= 0.3 is 6.18 Å². The lowest BCUT2D eigenvalue weighted by atomic mass is 9.74. The predicted molar refractivity (Wildman–Crippen MR) is 67.6 cm³/mol. The van der Waals surface area contributed by atoms with Gasteiger partial charge < -0.3 is 5.11 Å². The quantitative estimate of drug-likeness (QED) is 0.828. The maximum atomic E-state index is 13.5. The third-order valence-electron chi connectivity index (χ3n) is 4.18. The zero-order valence-electron chi connectivity index (χ0n) is 11.3. The molecule has 6 heteroatoms. The van der Waals surface area contributed by atoms with E-state index in [2.05, 4.69) is 0 Å². The molecule has 0 saturated heterocycles. The summed E-state index contributed by atoms with van der Waals surface area (Å²) in [5.74, 6) is -4.07. The minimum absolute atomic E-state index is 0.00285. The number of alkyl halides is 3. The molecule has 1 aliphatic rings. The van der Waals surface area contributed by atoms with Crippen LogP contribution in [0.1, 0.15) is 31.2 Å². The van der Waals surface area contributed by atoms with Crippen molar-refractivity contribution in [1.29, 1.82) is 0 Å². The van der Waals surface area contributed by atoms with Crippen LogP contribution >= 0.6 is 0 Å². The molecule has 0 aromatic heterocycles. The number of hydrogen-bond acceptors (Lipinski definition) is 1. The van der Waals surface area contributed by atoms with Gasteiger partial charge in [0.1, 0.15) is 11.6 Å². The summed E-state index contributed by atoms with van der Waals surface area (Å²) in [5.41, 5.74) is 0.0374. The number of aliphatic hydroxyl groups is 1. The van der Waals surface area contributed by atoms with Crippen molar-refractivity contribution in [2.24, 2.45) is 11.8 Å². The molecule has 0 amide bonds. The van der Waals surface area contributed by atoms with Gasteiger partial charge in [-0.05, 0) is 30.4 Å². The first-order chi connectivity index (χ1) is 9.79. The Morgan fingerprint density at radius 2 is 1.81 bits per heavy atom. The van der Waals surface area contributed by atoms with Crippen LogP contribution in [0.5, 0.6) is 0 Å². The van der Waals surface area contributed by atoms with Crippen molar-refractivity contribution >= 4 is 0 Å². The predicted octanol–water partition coefficient (Wildman–Crippen LogP) is 4.24. The molecule has 1 fully saturated rings. The third kappa shape index (κ3) is 3.93. The van der Waals surface area contributed by atoms with E-state index in [0.29, 0.717) is 18.9 Å². The highest BCUT2D eigenvalue weighted by atomic mass is 19.4. The summed E-state index contributed by atoms with van der Waals surface area (Å²) in [6, 6.07) is 2.87. The fourth-order valence-corrected chi connectivity index (χ4v) is 3.09. The maximum Gasteiger partial charge on any atom is 0.392 e. The summed E-state index contributed by atoms with van der Waals surface area (Å²) in [5, 5.41) is 10.1. The molecule has 0 bridgehead atoms. The fraction of sp³-hybridized carbons (Fsp3) is 0.600. The molecule has 0 aliphatic heterocycles. The average molecular weight is 308 g/mol. The van der Waals surface area contributed by atoms with E-state index in [0.717, 1.165) is 6.07 Å². The minimum Gasteiger partial charge on any atom is -0.392 e. The molecule has 0 heterocycles. The molecular weight excluding hydrogens is 291 g/mol. The van der Waals surface area contributed by atoms with Gasteiger partial charge in [0, 0.05) is 12.5 Å². The van der Waals surface area contributed by atoms with E-state index in [-0.39, 0.29) is 24.8 Å². The van der Waals surface area contributed by atoms with Crippen molar-refractivity contribution in [3.63, 3.8) is 0 Å². The van der Waals surface area contributed by atoms with Gasteiger partial charge in [0.2, 0.25) is 0 Å². The molecule has 1 N–H and O–H groups in total. The molecule has 0 spiro atoms. The number of hydrogen-bond donors (Lipinski definition) is 1. The van der Waals surface area contributed by atoms with Crippen molar-refractivity contribution < 1.29 is 27.1 Å². The first-order valence-corrected chi connectivity index (χ1v) is 6.97. The van der Waals surface area contributed by atoms with Crippen molar-refractivity contribution in [2.45, 2.75) is 44.4 Å². The van der Waals surface area contributed by atoms with Crippen LogP contribution in [0.4, 0.5) is 22.0 Å². The van der Waals surface area contributed by atoms with E-state index >= 15 is 0 Å². The lowest BCUT2D eigenvalue weighted by Crippen LogP contribution is -2.40. The summed E-state index contributed by atoms with van der Waals surface area (Å²) in [4.78, 5) is 0. The van der Waals surface area contributed by atoms with Gasteiger partial charge in [-0.3, -0.25) is 0 Å². The van der Waals surface area contributed by atoms with E-state index in [1.165, 1.54) is 6.07 Å². The number of rotatable bonds is 3. The Morgan fingerprint density at radius 3 is 2.43 bits per heavy atom. The van der Waals surface area contributed by atoms with Crippen LogP contribution in [0.25, 0.3) is 0 Å². The largest absolute Gasteiger partial charge is 0.392 e. The number of benzene rings is 1. The highest BCUT2D eigenvalue weighted by Crippen LogP contribution is 2.43. The van der Waals surface area contributed by atoms with Gasteiger partial charge in [0.25, 0.3) is 0 Å².